The topological polar surface area (TPSA) is 192 Å². The normalized spacial score (nSPS) is 13.1. The smallest absolute Gasteiger partial charge is 0.327 e. The zero-order valence-corrected chi connectivity index (χ0v) is 12.4. The summed E-state index contributed by atoms with van der Waals surface area (Å²) in [5.74, 6) is -2.34. The molecule has 0 unspecified atom stereocenters. The zero-order valence-electron chi connectivity index (χ0n) is 12.4. The molecular weight excluding hydrogens is 306 g/mol. The van der Waals surface area contributed by atoms with Gasteiger partial charge in [0.1, 0.15) is 18.4 Å². The van der Waals surface area contributed by atoms with Crippen molar-refractivity contribution in [2.24, 2.45) is 11.5 Å². The molecule has 2 atom stereocenters. The van der Waals surface area contributed by atoms with Crippen molar-refractivity contribution >= 4 is 17.9 Å². The number of nitrogens with two attached hydrogens (primary N) is 2. The van der Waals surface area contributed by atoms with E-state index in [-0.39, 0.29) is 12.4 Å². The maximum atomic E-state index is 11.2. The Morgan fingerprint density at radius 3 is 2.65 bits per heavy atom. The lowest BCUT2D eigenvalue weighted by atomic mass is 10.1. The first kappa shape index (κ1) is 18.2. The lowest BCUT2D eigenvalue weighted by Gasteiger charge is -2.16. The van der Waals surface area contributed by atoms with Crippen LogP contribution in [0.3, 0.4) is 0 Å². The van der Waals surface area contributed by atoms with Crippen molar-refractivity contribution in [1.29, 1.82) is 5.41 Å². The molecule has 0 amide bonds. The SMILES string of the molecule is N=C(N)NCCC[C@H](Nn1cnc(C[C@H](N)C(=O)O)c1)C(=O)O. The van der Waals surface area contributed by atoms with Crippen LogP contribution in [0.15, 0.2) is 12.5 Å². The molecular formula is C12H21N7O4. The molecule has 1 heterocycles. The fourth-order valence-electron chi connectivity index (χ4n) is 1.80. The van der Waals surface area contributed by atoms with Crippen LogP contribution in [-0.4, -0.2) is 56.4 Å². The summed E-state index contributed by atoms with van der Waals surface area (Å²) in [6.45, 7) is 0.392. The van der Waals surface area contributed by atoms with E-state index in [1.165, 1.54) is 17.2 Å². The van der Waals surface area contributed by atoms with E-state index in [1.807, 2.05) is 0 Å². The summed E-state index contributed by atoms with van der Waals surface area (Å²) >= 11 is 0. The van der Waals surface area contributed by atoms with Crippen molar-refractivity contribution in [3.63, 3.8) is 0 Å². The Balaban J connectivity index is 2.53. The maximum Gasteiger partial charge on any atom is 0.327 e. The summed E-state index contributed by atoms with van der Waals surface area (Å²) < 4.78 is 1.36. The molecule has 0 aliphatic heterocycles. The Morgan fingerprint density at radius 2 is 2.09 bits per heavy atom. The fourth-order valence-corrected chi connectivity index (χ4v) is 1.80. The van der Waals surface area contributed by atoms with Crippen LogP contribution in [-0.2, 0) is 16.0 Å². The van der Waals surface area contributed by atoms with Gasteiger partial charge in [-0.15, -0.1) is 0 Å². The monoisotopic (exact) mass is 327 g/mol. The number of hydrogen-bond donors (Lipinski definition) is 7. The van der Waals surface area contributed by atoms with Crippen molar-refractivity contribution in [3.8, 4) is 0 Å². The molecule has 23 heavy (non-hydrogen) atoms. The highest BCUT2D eigenvalue weighted by atomic mass is 16.4. The number of nitrogens with one attached hydrogen (secondary N) is 3. The van der Waals surface area contributed by atoms with E-state index in [0.717, 1.165) is 0 Å². The number of nitrogens with zero attached hydrogens (tertiary/aromatic N) is 2. The minimum absolute atomic E-state index is 0.0459. The lowest BCUT2D eigenvalue weighted by molar-refractivity contribution is -0.139. The summed E-state index contributed by atoms with van der Waals surface area (Å²) in [4.78, 5) is 25.9. The summed E-state index contributed by atoms with van der Waals surface area (Å²) in [5.41, 5.74) is 13.7. The van der Waals surface area contributed by atoms with Gasteiger partial charge in [0.15, 0.2) is 5.96 Å². The van der Waals surface area contributed by atoms with Crippen LogP contribution < -0.4 is 22.2 Å². The van der Waals surface area contributed by atoms with Gasteiger partial charge >= 0.3 is 11.9 Å². The number of imidazole rings is 1. The van der Waals surface area contributed by atoms with Crippen molar-refractivity contribution in [1.82, 2.24) is 15.0 Å². The second-order valence-electron chi connectivity index (χ2n) is 4.92. The average molecular weight is 327 g/mol. The average Bonchev–Trinajstić information content (AvgIpc) is 2.88. The molecule has 0 saturated carbocycles. The molecule has 0 aliphatic carbocycles. The van der Waals surface area contributed by atoms with Crippen molar-refractivity contribution in [2.75, 3.05) is 12.0 Å². The number of carboxylic acid groups (broad SMARTS) is 2. The molecule has 0 spiro atoms. The van der Waals surface area contributed by atoms with Gasteiger partial charge in [-0.25, -0.2) is 9.78 Å². The molecule has 9 N–H and O–H groups in total. The van der Waals surface area contributed by atoms with Crippen molar-refractivity contribution < 1.29 is 19.8 Å². The summed E-state index contributed by atoms with van der Waals surface area (Å²) in [6, 6.07) is -1.93. The second kappa shape index (κ2) is 8.58. The minimum atomic E-state index is -1.13. The molecule has 128 valence electrons. The highest BCUT2D eigenvalue weighted by molar-refractivity contribution is 5.75. The van der Waals surface area contributed by atoms with Crippen LogP contribution in [0.1, 0.15) is 18.5 Å². The van der Waals surface area contributed by atoms with E-state index in [4.69, 9.17) is 22.0 Å². The molecule has 0 aromatic carbocycles. The number of carboxylic acids is 2. The Labute approximate surface area is 132 Å². The molecule has 0 fully saturated rings. The van der Waals surface area contributed by atoms with E-state index >= 15 is 0 Å². The number of guanidine groups is 1. The minimum Gasteiger partial charge on any atom is -0.480 e. The summed E-state index contributed by atoms with van der Waals surface area (Å²) in [6.07, 6.45) is 3.69. The molecule has 11 heteroatoms. The van der Waals surface area contributed by atoms with Crippen molar-refractivity contribution in [2.45, 2.75) is 31.3 Å². The van der Waals surface area contributed by atoms with Gasteiger partial charge < -0.3 is 32.4 Å². The van der Waals surface area contributed by atoms with Gasteiger partial charge in [0.2, 0.25) is 0 Å². The van der Waals surface area contributed by atoms with Gasteiger partial charge in [-0.2, -0.15) is 0 Å². The van der Waals surface area contributed by atoms with E-state index in [1.54, 1.807) is 0 Å². The van der Waals surface area contributed by atoms with Crippen LogP contribution in [0.5, 0.6) is 0 Å². The first-order chi connectivity index (χ1) is 10.8. The molecule has 0 bridgehead atoms. The standard InChI is InChI=1S/C12H21N7O4/c13-8(10(20)21)4-7-5-19(6-17-7)18-9(11(22)23)2-1-3-16-12(14)15/h5-6,8-9,18H,1-4,13H2,(H,20,21)(H,22,23)(H4,14,15,16)/t8-,9-/m0/s1. The molecule has 0 aliphatic rings. The van der Waals surface area contributed by atoms with Gasteiger partial charge in [-0.1, -0.05) is 0 Å². The molecule has 0 saturated heterocycles. The number of carbonyl (C=O) groups is 2. The third-order valence-electron chi connectivity index (χ3n) is 2.97. The molecule has 1 aromatic rings. The van der Waals surface area contributed by atoms with Crippen LogP contribution in [0.2, 0.25) is 0 Å². The second-order valence-corrected chi connectivity index (χ2v) is 4.92. The lowest BCUT2D eigenvalue weighted by Crippen LogP contribution is -2.36. The van der Waals surface area contributed by atoms with E-state index in [0.29, 0.717) is 25.1 Å². The van der Waals surface area contributed by atoms with Gasteiger partial charge in [0.05, 0.1) is 5.69 Å². The van der Waals surface area contributed by atoms with Gasteiger partial charge in [0.25, 0.3) is 0 Å². The van der Waals surface area contributed by atoms with Crippen molar-refractivity contribution in [3.05, 3.63) is 18.2 Å². The molecule has 0 radical (unpaired) electrons. The summed E-state index contributed by atoms with van der Waals surface area (Å²) in [7, 11) is 0. The van der Waals surface area contributed by atoms with Crippen LogP contribution in [0.25, 0.3) is 0 Å². The van der Waals surface area contributed by atoms with Gasteiger partial charge in [-0.05, 0) is 12.8 Å². The van der Waals surface area contributed by atoms with Crippen LogP contribution >= 0.6 is 0 Å². The Kier molecular flexibility index (Phi) is 6.80. The number of rotatable bonds is 10. The van der Waals surface area contributed by atoms with Crippen LogP contribution in [0.4, 0.5) is 0 Å². The molecule has 1 rings (SSSR count). The molecule has 11 nitrogen and oxygen atoms in total. The Bertz CT molecular complexity index is 559. The van der Waals surface area contributed by atoms with E-state index in [9.17, 15) is 14.7 Å². The Morgan fingerprint density at radius 1 is 1.39 bits per heavy atom. The number of aliphatic carboxylic acids is 2. The van der Waals surface area contributed by atoms with E-state index in [2.05, 4.69) is 15.7 Å². The third-order valence-corrected chi connectivity index (χ3v) is 2.97. The Hall–Kier alpha value is -2.82. The fraction of sp³-hybridized carbons (Fsp3) is 0.500. The quantitative estimate of drug-likeness (QED) is 0.146. The first-order valence-corrected chi connectivity index (χ1v) is 6.88. The van der Waals surface area contributed by atoms with Gasteiger partial charge in [-0.3, -0.25) is 14.9 Å². The highest BCUT2D eigenvalue weighted by Gasteiger charge is 2.18. The predicted molar refractivity (Wildman–Crippen MR) is 81.5 cm³/mol. The highest BCUT2D eigenvalue weighted by Crippen LogP contribution is 2.03. The first-order valence-electron chi connectivity index (χ1n) is 6.88. The largest absolute Gasteiger partial charge is 0.480 e. The summed E-state index contributed by atoms with van der Waals surface area (Å²) in [5, 5.41) is 27.5. The number of aromatic nitrogens is 2. The predicted octanol–water partition coefficient (Wildman–Crippen LogP) is -1.90. The molecule has 1 aromatic heterocycles. The van der Waals surface area contributed by atoms with E-state index < -0.39 is 24.0 Å². The van der Waals surface area contributed by atoms with Crippen LogP contribution in [0, 0.1) is 5.41 Å². The maximum absolute atomic E-state index is 11.2. The third kappa shape index (κ3) is 6.65. The number of hydrogen-bond acceptors (Lipinski definition) is 6. The van der Waals surface area contributed by atoms with Gasteiger partial charge in [0, 0.05) is 19.2 Å². The zero-order chi connectivity index (χ0) is 17.4.